The molecule has 0 radical (unpaired) electrons. The van der Waals surface area contributed by atoms with Crippen LogP contribution < -0.4 is 10.2 Å². The third-order valence-corrected chi connectivity index (χ3v) is 6.42. The summed E-state index contributed by atoms with van der Waals surface area (Å²) >= 11 is 0.900. The van der Waals surface area contributed by atoms with E-state index < -0.39 is 30.3 Å². The maximum Gasteiger partial charge on any atom is 0.338 e. The summed E-state index contributed by atoms with van der Waals surface area (Å²) in [5, 5.41) is 2.10. The van der Waals surface area contributed by atoms with E-state index in [2.05, 4.69) is 5.32 Å². The quantitative estimate of drug-likeness (QED) is 0.456. The van der Waals surface area contributed by atoms with Gasteiger partial charge in [0.25, 0.3) is 23.0 Å². The first-order valence-electron chi connectivity index (χ1n) is 10.7. The van der Waals surface area contributed by atoms with Gasteiger partial charge in [0.15, 0.2) is 6.61 Å². The van der Waals surface area contributed by atoms with Gasteiger partial charge in [-0.1, -0.05) is 23.9 Å². The third kappa shape index (κ3) is 4.80. The number of aryl methyl sites for hydroxylation is 2. The summed E-state index contributed by atoms with van der Waals surface area (Å²) in [5.41, 5.74) is 2.40. The summed E-state index contributed by atoms with van der Waals surface area (Å²) in [6.45, 7) is 3.12. The van der Waals surface area contributed by atoms with Crippen molar-refractivity contribution in [3.63, 3.8) is 0 Å². The molecule has 10 nitrogen and oxygen atoms in total. The number of hydrogen-bond donors (Lipinski definition) is 1. The Hall–Kier alpha value is -3.99. The molecule has 2 aromatic rings. The van der Waals surface area contributed by atoms with E-state index in [1.54, 1.807) is 13.0 Å². The topological polar surface area (TPSA) is 130 Å². The highest BCUT2D eigenvalue weighted by molar-refractivity contribution is 8.14. The lowest BCUT2D eigenvalue weighted by Gasteiger charge is -2.17. The predicted octanol–water partition coefficient (Wildman–Crippen LogP) is 2.07. The molecule has 11 heteroatoms. The molecule has 0 saturated carbocycles. The molecular formula is C24H21N3O7S. The molecule has 0 atom stereocenters. The SMILES string of the molecule is Cc1ccc(C)c(N2C(=O)c3ccc(C(=O)OCC(=O)NCCN4C(=O)CSC4=O)cc3C2=O)c1. The van der Waals surface area contributed by atoms with E-state index in [1.807, 2.05) is 19.1 Å². The number of rotatable bonds is 7. The average molecular weight is 496 g/mol. The number of carbonyl (C=O) groups is 6. The number of ether oxygens (including phenoxy) is 1. The maximum absolute atomic E-state index is 13.0. The van der Waals surface area contributed by atoms with E-state index in [1.165, 1.54) is 18.2 Å². The van der Waals surface area contributed by atoms with Crippen molar-refractivity contribution in [3.05, 3.63) is 64.2 Å². The van der Waals surface area contributed by atoms with Crippen LogP contribution in [0.1, 0.15) is 42.2 Å². The maximum atomic E-state index is 13.0. The molecule has 1 N–H and O–H groups in total. The summed E-state index contributed by atoms with van der Waals surface area (Å²) in [4.78, 5) is 75.5. The Labute approximate surface area is 204 Å². The third-order valence-electron chi connectivity index (χ3n) is 5.56. The number of carbonyl (C=O) groups excluding carboxylic acids is 6. The highest BCUT2D eigenvalue weighted by Gasteiger charge is 2.38. The van der Waals surface area contributed by atoms with Gasteiger partial charge in [-0.3, -0.25) is 28.9 Å². The van der Waals surface area contributed by atoms with E-state index in [-0.39, 0.29) is 46.7 Å². The number of esters is 1. The smallest absolute Gasteiger partial charge is 0.338 e. The Morgan fingerprint density at radius 1 is 1.00 bits per heavy atom. The molecule has 180 valence electrons. The molecule has 35 heavy (non-hydrogen) atoms. The predicted molar refractivity (Wildman–Crippen MR) is 126 cm³/mol. The first-order valence-corrected chi connectivity index (χ1v) is 11.7. The number of nitrogens with one attached hydrogen (secondary N) is 1. The van der Waals surface area contributed by atoms with Crippen molar-refractivity contribution in [3.8, 4) is 0 Å². The van der Waals surface area contributed by atoms with E-state index in [0.717, 1.165) is 32.7 Å². The summed E-state index contributed by atoms with van der Waals surface area (Å²) < 4.78 is 5.01. The van der Waals surface area contributed by atoms with E-state index in [4.69, 9.17) is 4.74 Å². The van der Waals surface area contributed by atoms with E-state index >= 15 is 0 Å². The zero-order valence-electron chi connectivity index (χ0n) is 19.0. The number of thioether (sulfide) groups is 1. The summed E-state index contributed by atoms with van der Waals surface area (Å²) in [5.74, 6) is -2.71. The van der Waals surface area contributed by atoms with E-state index in [0.29, 0.717) is 5.69 Å². The molecule has 2 aromatic carbocycles. The number of nitrogens with zero attached hydrogens (tertiary/aromatic N) is 2. The molecule has 4 rings (SSSR count). The van der Waals surface area contributed by atoms with Crippen LogP contribution in [0.5, 0.6) is 0 Å². The Balaban J connectivity index is 1.37. The zero-order valence-corrected chi connectivity index (χ0v) is 19.8. The van der Waals surface area contributed by atoms with Gasteiger partial charge in [0.1, 0.15) is 0 Å². The van der Waals surface area contributed by atoms with Crippen LogP contribution in [0.25, 0.3) is 0 Å². The molecular weight excluding hydrogens is 474 g/mol. The lowest BCUT2D eigenvalue weighted by atomic mass is 10.1. The van der Waals surface area contributed by atoms with Crippen molar-refractivity contribution in [2.45, 2.75) is 13.8 Å². The second-order valence-electron chi connectivity index (χ2n) is 8.02. The molecule has 5 amide bonds. The molecule has 1 saturated heterocycles. The van der Waals surface area contributed by atoms with Gasteiger partial charge in [-0.25, -0.2) is 9.69 Å². The standard InChI is InChI=1S/C24H21N3O7S/c1-13-3-4-14(2)18(9-13)27-21(30)16-6-5-15(10-17(16)22(27)31)23(32)34-11-19(28)25-7-8-26-20(29)12-35-24(26)33/h3-6,9-10H,7-8,11-12H2,1-2H3,(H,25,28). The van der Waals surface area contributed by atoms with Gasteiger partial charge in [-0.05, 0) is 49.2 Å². The zero-order chi connectivity index (χ0) is 25.3. The van der Waals surface area contributed by atoms with Gasteiger partial charge in [0, 0.05) is 13.1 Å². The Morgan fingerprint density at radius 2 is 1.74 bits per heavy atom. The first kappa shape index (κ1) is 24.1. The molecule has 0 bridgehead atoms. The molecule has 0 aliphatic carbocycles. The highest BCUT2D eigenvalue weighted by Crippen LogP contribution is 2.32. The minimum atomic E-state index is -0.838. The van der Waals surface area contributed by atoms with Crippen LogP contribution in [0.15, 0.2) is 36.4 Å². The van der Waals surface area contributed by atoms with Crippen LogP contribution in [-0.4, -0.2) is 65.2 Å². The van der Waals surface area contributed by atoms with Gasteiger partial charge in [0.2, 0.25) is 5.91 Å². The van der Waals surface area contributed by atoms with Gasteiger partial charge in [0.05, 0.1) is 28.1 Å². The average Bonchev–Trinajstić information content (AvgIpc) is 3.28. The number of fused-ring (bicyclic) bond motifs is 1. The van der Waals surface area contributed by atoms with Crippen LogP contribution in [0.4, 0.5) is 10.5 Å². The highest BCUT2D eigenvalue weighted by atomic mass is 32.2. The second-order valence-corrected chi connectivity index (χ2v) is 8.95. The van der Waals surface area contributed by atoms with Crippen molar-refractivity contribution in [1.29, 1.82) is 0 Å². The fourth-order valence-corrected chi connectivity index (χ4v) is 4.47. The molecule has 2 aliphatic heterocycles. The fraction of sp³-hybridized carbons (Fsp3) is 0.250. The van der Waals surface area contributed by atoms with Crippen LogP contribution in [0, 0.1) is 13.8 Å². The molecule has 2 aliphatic rings. The Kier molecular flexibility index (Phi) is 6.70. The summed E-state index contributed by atoms with van der Waals surface area (Å²) in [7, 11) is 0. The number of anilines is 1. The van der Waals surface area contributed by atoms with Gasteiger partial charge in [-0.15, -0.1) is 0 Å². The van der Waals surface area contributed by atoms with Crippen molar-refractivity contribution in [2.24, 2.45) is 0 Å². The minimum absolute atomic E-state index is 0.0193. The number of hydrogen-bond acceptors (Lipinski definition) is 8. The van der Waals surface area contributed by atoms with E-state index in [9.17, 15) is 28.8 Å². The number of amides is 5. The lowest BCUT2D eigenvalue weighted by molar-refractivity contribution is -0.126. The Bertz CT molecular complexity index is 1270. The monoisotopic (exact) mass is 495 g/mol. The van der Waals surface area contributed by atoms with Crippen LogP contribution in [0.2, 0.25) is 0 Å². The van der Waals surface area contributed by atoms with Crippen molar-refractivity contribution in [1.82, 2.24) is 10.2 Å². The van der Waals surface area contributed by atoms with Gasteiger partial charge in [-0.2, -0.15) is 0 Å². The minimum Gasteiger partial charge on any atom is -0.452 e. The van der Waals surface area contributed by atoms with Crippen molar-refractivity contribution < 1.29 is 33.5 Å². The normalized spacial score (nSPS) is 15.0. The molecule has 1 fully saturated rings. The summed E-state index contributed by atoms with van der Waals surface area (Å²) in [6, 6.07) is 9.48. The molecule has 0 spiro atoms. The van der Waals surface area contributed by atoms with Crippen LogP contribution >= 0.6 is 11.8 Å². The van der Waals surface area contributed by atoms with Gasteiger partial charge >= 0.3 is 5.97 Å². The number of benzene rings is 2. The molecule has 0 unspecified atom stereocenters. The van der Waals surface area contributed by atoms with Gasteiger partial charge < -0.3 is 10.1 Å². The Morgan fingerprint density at radius 3 is 2.46 bits per heavy atom. The number of imide groups is 2. The largest absolute Gasteiger partial charge is 0.452 e. The lowest BCUT2D eigenvalue weighted by Crippen LogP contribution is -2.38. The van der Waals surface area contributed by atoms with Crippen LogP contribution in [-0.2, 0) is 14.3 Å². The van der Waals surface area contributed by atoms with Crippen LogP contribution in [0.3, 0.4) is 0 Å². The summed E-state index contributed by atoms with van der Waals surface area (Å²) in [6.07, 6.45) is 0. The molecule has 2 heterocycles. The second kappa shape index (κ2) is 9.71. The molecule has 0 aromatic heterocycles. The van der Waals surface area contributed by atoms with Crippen molar-refractivity contribution in [2.75, 3.05) is 30.3 Å². The fourth-order valence-electron chi connectivity index (χ4n) is 3.72. The first-order chi connectivity index (χ1) is 16.7. The van der Waals surface area contributed by atoms with Crippen molar-refractivity contribution >= 4 is 52.3 Å².